The van der Waals surface area contributed by atoms with Gasteiger partial charge in [-0.1, -0.05) is 18.2 Å². The number of rotatable bonds is 6. The van der Waals surface area contributed by atoms with Crippen molar-refractivity contribution >= 4 is 29.2 Å². The maximum atomic E-state index is 11.9. The van der Waals surface area contributed by atoms with Gasteiger partial charge in [-0.15, -0.1) is 12.4 Å². The van der Waals surface area contributed by atoms with Gasteiger partial charge >= 0.3 is 0 Å². The minimum absolute atomic E-state index is 0. The van der Waals surface area contributed by atoms with E-state index < -0.39 is 6.04 Å². The minimum Gasteiger partial charge on any atom is -0.380 e. The number of carbonyl (C=O) groups excluding carboxylic acids is 1. The first-order valence-electron chi connectivity index (χ1n) is 6.73. The van der Waals surface area contributed by atoms with Crippen LogP contribution in [0.4, 0.5) is 0 Å². The number of hydrogen-bond acceptors (Lipinski definition) is 3. The fraction of sp³-hybridized carbons (Fsp3) is 0.400. The number of aromatic amines is 1. The summed E-state index contributed by atoms with van der Waals surface area (Å²) in [6.45, 7) is 2.36. The number of H-pyrrole nitrogens is 1. The number of nitrogens with two attached hydrogens (primary N) is 1. The average Bonchev–Trinajstić information content (AvgIpc) is 2.87. The zero-order chi connectivity index (χ0) is 14.5. The Bertz CT molecular complexity index is 585. The van der Waals surface area contributed by atoms with Crippen LogP contribution in [0.1, 0.15) is 12.5 Å². The van der Waals surface area contributed by atoms with Gasteiger partial charge in [-0.2, -0.15) is 0 Å². The number of amides is 1. The molecule has 2 atom stereocenters. The fourth-order valence-electron chi connectivity index (χ4n) is 2.09. The van der Waals surface area contributed by atoms with E-state index >= 15 is 0 Å². The summed E-state index contributed by atoms with van der Waals surface area (Å²) in [5, 5.41) is 3.91. The Kier molecular flexibility index (Phi) is 6.68. The van der Waals surface area contributed by atoms with E-state index in [1.54, 1.807) is 7.11 Å². The van der Waals surface area contributed by atoms with Gasteiger partial charge in [0.1, 0.15) is 0 Å². The summed E-state index contributed by atoms with van der Waals surface area (Å²) in [4.78, 5) is 15.1. The van der Waals surface area contributed by atoms with Crippen molar-refractivity contribution in [3.8, 4) is 0 Å². The van der Waals surface area contributed by atoms with E-state index in [1.165, 1.54) is 0 Å². The second-order valence-electron chi connectivity index (χ2n) is 4.96. The predicted octanol–water partition coefficient (Wildman–Crippen LogP) is 1.61. The zero-order valence-corrected chi connectivity index (χ0v) is 13.1. The van der Waals surface area contributed by atoms with Gasteiger partial charge in [0.05, 0.1) is 12.1 Å². The van der Waals surface area contributed by atoms with Crippen LogP contribution in [0, 0.1) is 0 Å². The molecule has 0 spiro atoms. The van der Waals surface area contributed by atoms with Crippen LogP contribution in [0.3, 0.4) is 0 Å². The van der Waals surface area contributed by atoms with Gasteiger partial charge in [0.15, 0.2) is 0 Å². The van der Waals surface area contributed by atoms with E-state index in [0.717, 1.165) is 16.5 Å². The van der Waals surface area contributed by atoms with E-state index in [9.17, 15) is 4.79 Å². The molecule has 0 bridgehead atoms. The van der Waals surface area contributed by atoms with Gasteiger partial charge in [0.2, 0.25) is 5.91 Å². The van der Waals surface area contributed by atoms with Crippen LogP contribution in [-0.2, 0) is 16.0 Å². The summed E-state index contributed by atoms with van der Waals surface area (Å²) in [6, 6.07) is 7.43. The molecule has 0 radical (unpaired) electrons. The lowest BCUT2D eigenvalue weighted by atomic mass is 10.1. The normalized spacial score (nSPS) is 13.5. The molecular weight excluding hydrogens is 290 g/mol. The van der Waals surface area contributed by atoms with Gasteiger partial charge in [-0.3, -0.25) is 4.79 Å². The molecule has 5 nitrogen and oxygen atoms in total. The number of para-hydroxylation sites is 1. The van der Waals surface area contributed by atoms with Gasteiger partial charge < -0.3 is 20.8 Å². The van der Waals surface area contributed by atoms with Crippen LogP contribution in [-0.4, -0.2) is 36.7 Å². The van der Waals surface area contributed by atoms with Crippen molar-refractivity contribution in [1.82, 2.24) is 10.3 Å². The number of nitrogens with one attached hydrogen (secondary N) is 2. The molecule has 21 heavy (non-hydrogen) atoms. The number of aromatic nitrogens is 1. The number of ether oxygens (including phenoxy) is 1. The third kappa shape index (κ3) is 4.46. The van der Waals surface area contributed by atoms with Gasteiger partial charge in [0.25, 0.3) is 0 Å². The van der Waals surface area contributed by atoms with Crippen molar-refractivity contribution in [2.24, 2.45) is 5.73 Å². The molecule has 0 aliphatic heterocycles. The summed E-state index contributed by atoms with van der Waals surface area (Å²) >= 11 is 0. The highest BCUT2D eigenvalue weighted by molar-refractivity contribution is 5.86. The molecule has 1 amide bonds. The molecular formula is C15H22ClN3O2. The third-order valence-electron chi connectivity index (χ3n) is 3.42. The van der Waals surface area contributed by atoms with Crippen LogP contribution in [0.2, 0.25) is 0 Å². The summed E-state index contributed by atoms with van der Waals surface area (Å²) in [5.74, 6) is -0.154. The lowest BCUT2D eigenvalue weighted by molar-refractivity contribution is -0.122. The predicted molar refractivity (Wildman–Crippen MR) is 86.7 cm³/mol. The topological polar surface area (TPSA) is 80.1 Å². The summed E-state index contributed by atoms with van der Waals surface area (Å²) in [6.07, 6.45) is 2.41. The van der Waals surface area contributed by atoms with Crippen LogP contribution in [0.5, 0.6) is 0 Å². The molecule has 1 unspecified atom stereocenters. The number of hydrogen-bond donors (Lipinski definition) is 3. The van der Waals surface area contributed by atoms with Crippen LogP contribution >= 0.6 is 12.4 Å². The first kappa shape index (κ1) is 17.5. The molecule has 1 aromatic heterocycles. The number of fused-ring (bicyclic) bond motifs is 1. The molecule has 6 heteroatoms. The maximum Gasteiger partial charge on any atom is 0.237 e. The van der Waals surface area contributed by atoms with Crippen molar-refractivity contribution in [2.75, 3.05) is 13.7 Å². The second kappa shape index (κ2) is 8.02. The minimum atomic E-state index is -0.557. The monoisotopic (exact) mass is 311 g/mol. The first-order valence-corrected chi connectivity index (χ1v) is 6.73. The Hall–Kier alpha value is -1.56. The Morgan fingerprint density at radius 3 is 2.86 bits per heavy atom. The zero-order valence-electron chi connectivity index (χ0n) is 12.3. The average molecular weight is 312 g/mol. The smallest absolute Gasteiger partial charge is 0.237 e. The van der Waals surface area contributed by atoms with Crippen molar-refractivity contribution in [2.45, 2.75) is 25.5 Å². The Morgan fingerprint density at radius 1 is 1.43 bits per heavy atom. The van der Waals surface area contributed by atoms with E-state index in [4.69, 9.17) is 10.5 Å². The molecule has 1 heterocycles. The molecule has 0 aliphatic rings. The molecule has 116 valence electrons. The van der Waals surface area contributed by atoms with Crippen molar-refractivity contribution in [3.63, 3.8) is 0 Å². The van der Waals surface area contributed by atoms with Crippen molar-refractivity contribution in [1.29, 1.82) is 0 Å². The maximum absolute atomic E-state index is 11.9. The summed E-state index contributed by atoms with van der Waals surface area (Å²) in [7, 11) is 1.61. The third-order valence-corrected chi connectivity index (χ3v) is 3.42. The van der Waals surface area contributed by atoms with E-state index in [-0.39, 0.29) is 24.4 Å². The number of halogens is 1. The number of benzene rings is 1. The van der Waals surface area contributed by atoms with Gasteiger partial charge in [0, 0.05) is 30.8 Å². The van der Waals surface area contributed by atoms with E-state index in [2.05, 4.69) is 10.3 Å². The Labute approximate surface area is 130 Å². The lowest BCUT2D eigenvalue weighted by Gasteiger charge is -2.14. The quantitative estimate of drug-likeness (QED) is 0.758. The molecule has 2 rings (SSSR count). The van der Waals surface area contributed by atoms with Gasteiger partial charge in [-0.25, -0.2) is 0 Å². The fourth-order valence-corrected chi connectivity index (χ4v) is 2.09. The highest BCUT2D eigenvalue weighted by Gasteiger charge is 2.16. The second-order valence-corrected chi connectivity index (χ2v) is 4.96. The first-order chi connectivity index (χ1) is 9.61. The largest absolute Gasteiger partial charge is 0.380 e. The highest BCUT2D eigenvalue weighted by Crippen LogP contribution is 2.18. The standard InChI is InChI=1S/C15H21N3O2.ClH/c1-10(20-2)8-18-15(19)13(16)7-11-9-17-14-6-4-3-5-12(11)14;/h3-6,9-10,13,17H,7-8,16H2,1-2H3,(H,18,19);1H/t10?,13-;/m0./s1. The molecule has 0 saturated heterocycles. The molecule has 0 saturated carbocycles. The van der Waals surface area contributed by atoms with Crippen LogP contribution < -0.4 is 11.1 Å². The van der Waals surface area contributed by atoms with Crippen LogP contribution in [0.25, 0.3) is 10.9 Å². The number of methoxy groups -OCH3 is 1. The van der Waals surface area contributed by atoms with E-state index in [0.29, 0.717) is 13.0 Å². The van der Waals surface area contributed by atoms with E-state index in [1.807, 2.05) is 37.4 Å². The summed E-state index contributed by atoms with van der Waals surface area (Å²) < 4.78 is 5.08. The molecule has 1 aromatic carbocycles. The molecule has 0 aliphatic carbocycles. The SMILES string of the molecule is COC(C)CNC(=O)[C@@H](N)Cc1c[nH]c2ccccc12.Cl. The Balaban J connectivity index is 0.00000220. The molecule has 4 N–H and O–H groups in total. The number of carbonyl (C=O) groups is 1. The molecule has 2 aromatic rings. The van der Waals surface area contributed by atoms with Crippen molar-refractivity contribution < 1.29 is 9.53 Å². The Morgan fingerprint density at radius 2 is 2.14 bits per heavy atom. The van der Waals surface area contributed by atoms with Crippen LogP contribution in [0.15, 0.2) is 30.5 Å². The summed E-state index contributed by atoms with van der Waals surface area (Å²) in [5.41, 5.74) is 8.08. The lowest BCUT2D eigenvalue weighted by Crippen LogP contribution is -2.44. The van der Waals surface area contributed by atoms with Gasteiger partial charge in [-0.05, 0) is 25.0 Å². The highest BCUT2D eigenvalue weighted by atomic mass is 35.5. The van der Waals surface area contributed by atoms with Crippen molar-refractivity contribution in [3.05, 3.63) is 36.0 Å². The molecule has 0 fully saturated rings.